The van der Waals surface area contributed by atoms with Crippen molar-refractivity contribution < 1.29 is 9.21 Å². The highest BCUT2D eigenvalue weighted by molar-refractivity contribution is 6.04. The molecule has 0 radical (unpaired) electrons. The maximum atomic E-state index is 12.2. The molecule has 0 saturated heterocycles. The van der Waals surface area contributed by atoms with E-state index in [9.17, 15) is 4.79 Å². The van der Waals surface area contributed by atoms with E-state index >= 15 is 0 Å². The second kappa shape index (κ2) is 6.01. The van der Waals surface area contributed by atoms with E-state index in [0.29, 0.717) is 5.69 Å². The second-order valence-electron chi connectivity index (χ2n) is 5.37. The number of anilines is 1. The summed E-state index contributed by atoms with van der Waals surface area (Å²) in [4.78, 5) is 16.9. The lowest BCUT2D eigenvalue weighted by molar-refractivity contribution is 0.0996. The minimum atomic E-state index is -0.284. The maximum Gasteiger partial charge on any atom is 0.291 e. The number of rotatable bonds is 3. The summed E-state index contributed by atoms with van der Waals surface area (Å²) >= 11 is 0. The van der Waals surface area contributed by atoms with Crippen molar-refractivity contribution in [2.24, 2.45) is 0 Å². The van der Waals surface area contributed by atoms with E-state index in [-0.39, 0.29) is 11.7 Å². The van der Waals surface area contributed by atoms with Gasteiger partial charge in [-0.1, -0.05) is 42.5 Å². The van der Waals surface area contributed by atoms with Gasteiger partial charge in [0.05, 0.1) is 23.2 Å². The molecule has 0 aliphatic heterocycles. The van der Waals surface area contributed by atoms with Gasteiger partial charge in [-0.25, -0.2) is 4.98 Å². The Labute approximate surface area is 138 Å². The molecule has 0 spiro atoms. The van der Waals surface area contributed by atoms with Gasteiger partial charge in [0.2, 0.25) is 0 Å². The molecule has 0 unspecified atom stereocenters. The number of carbonyl (C=O) groups is 1. The van der Waals surface area contributed by atoms with Crippen LogP contribution < -0.4 is 5.32 Å². The minimum Gasteiger partial charge on any atom is -0.459 e. The number of nitrogens with one attached hydrogen (secondary N) is 1. The molecule has 0 fully saturated rings. The number of nitrogens with zero attached hydrogens (tertiary/aromatic N) is 1. The van der Waals surface area contributed by atoms with Crippen LogP contribution in [-0.4, -0.2) is 10.9 Å². The van der Waals surface area contributed by atoms with E-state index in [1.54, 1.807) is 12.1 Å². The van der Waals surface area contributed by atoms with Crippen LogP contribution >= 0.6 is 0 Å². The highest BCUT2D eigenvalue weighted by Crippen LogP contribution is 2.28. The average Bonchev–Trinajstić information content (AvgIpc) is 3.17. The molecule has 2 aromatic carbocycles. The number of amides is 1. The van der Waals surface area contributed by atoms with Crippen molar-refractivity contribution in [3.8, 4) is 11.3 Å². The van der Waals surface area contributed by atoms with Crippen molar-refractivity contribution in [1.82, 2.24) is 4.98 Å². The predicted molar refractivity (Wildman–Crippen MR) is 93.8 cm³/mol. The van der Waals surface area contributed by atoms with Crippen LogP contribution in [-0.2, 0) is 0 Å². The Kier molecular flexibility index (Phi) is 3.56. The molecule has 1 N–H and O–H groups in total. The molecule has 24 heavy (non-hydrogen) atoms. The zero-order valence-corrected chi connectivity index (χ0v) is 12.8. The van der Waals surface area contributed by atoms with Crippen molar-refractivity contribution >= 4 is 22.5 Å². The molecule has 0 aliphatic carbocycles. The molecule has 2 aromatic heterocycles. The van der Waals surface area contributed by atoms with Gasteiger partial charge in [0.25, 0.3) is 5.91 Å². The summed E-state index contributed by atoms with van der Waals surface area (Å²) in [7, 11) is 0. The molecule has 2 heterocycles. The summed E-state index contributed by atoms with van der Waals surface area (Å²) in [6.07, 6.45) is 1.48. The Morgan fingerprint density at radius 3 is 2.58 bits per heavy atom. The van der Waals surface area contributed by atoms with Crippen LogP contribution in [0.1, 0.15) is 10.6 Å². The van der Waals surface area contributed by atoms with Gasteiger partial charge in [-0.05, 0) is 30.3 Å². The molecule has 0 bridgehead atoms. The number of furan rings is 1. The first-order valence-corrected chi connectivity index (χ1v) is 7.61. The van der Waals surface area contributed by atoms with Crippen LogP contribution in [0.4, 0.5) is 5.69 Å². The van der Waals surface area contributed by atoms with Crippen LogP contribution in [0, 0.1) is 0 Å². The van der Waals surface area contributed by atoms with Crippen molar-refractivity contribution in [2.45, 2.75) is 0 Å². The van der Waals surface area contributed by atoms with Crippen molar-refractivity contribution in [2.75, 3.05) is 5.32 Å². The average molecular weight is 314 g/mol. The molecule has 4 heteroatoms. The van der Waals surface area contributed by atoms with Gasteiger partial charge in [-0.2, -0.15) is 0 Å². The number of para-hydroxylation sites is 2. The largest absolute Gasteiger partial charge is 0.459 e. The van der Waals surface area contributed by atoms with Crippen molar-refractivity contribution in [3.63, 3.8) is 0 Å². The normalized spacial score (nSPS) is 10.7. The zero-order chi connectivity index (χ0) is 16.4. The number of hydrogen-bond donors (Lipinski definition) is 1. The molecular weight excluding hydrogens is 300 g/mol. The third-order valence-electron chi connectivity index (χ3n) is 3.79. The third kappa shape index (κ3) is 2.65. The van der Waals surface area contributed by atoms with Crippen molar-refractivity contribution in [3.05, 3.63) is 84.8 Å². The molecule has 4 aromatic rings. The maximum absolute atomic E-state index is 12.2. The number of hydrogen-bond acceptors (Lipinski definition) is 3. The highest BCUT2D eigenvalue weighted by atomic mass is 16.3. The van der Waals surface area contributed by atoms with Crippen molar-refractivity contribution in [1.29, 1.82) is 0 Å². The van der Waals surface area contributed by atoms with Crippen LogP contribution in [0.15, 0.2) is 83.5 Å². The summed E-state index contributed by atoms with van der Waals surface area (Å²) < 4.78 is 5.14. The molecule has 4 nitrogen and oxygen atoms in total. The lowest BCUT2D eigenvalue weighted by atomic mass is 10.1. The summed E-state index contributed by atoms with van der Waals surface area (Å²) in [5, 5.41) is 3.97. The number of carbonyl (C=O) groups excluding carboxylic acids is 1. The standard InChI is InChI=1S/C20H14N2O2/c23-20(19-10-5-13-24-19)22-17-9-4-2-7-15(17)18-12-11-14-6-1-3-8-16(14)21-18/h1-13H,(H,22,23). The lowest BCUT2D eigenvalue weighted by Gasteiger charge is -2.10. The summed E-state index contributed by atoms with van der Waals surface area (Å²) in [5.74, 6) is -0.00971. The molecule has 116 valence electrons. The fourth-order valence-electron chi connectivity index (χ4n) is 2.62. The van der Waals surface area contributed by atoms with Gasteiger partial charge < -0.3 is 9.73 Å². The Balaban J connectivity index is 1.73. The minimum absolute atomic E-state index is 0.274. The summed E-state index contributed by atoms with van der Waals surface area (Å²) in [6, 6.07) is 22.9. The summed E-state index contributed by atoms with van der Waals surface area (Å²) in [6.45, 7) is 0. The first-order valence-electron chi connectivity index (χ1n) is 7.61. The molecule has 0 saturated carbocycles. The van der Waals surface area contributed by atoms with Gasteiger partial charge in [0.15, 0.2) is 5.76 Å². The van der Waals surface area contributed by atoms with Gasteiger partial charge in [-0.3, -0.25) is 4.79 Å². The Morgan fingerprint density at radius 1 is 0.875 bits per heavy atom. The molecule has 4 rings (SSSR count). The lowest BCUT2D eigenvalue weighted by Crippen LogP contribution is -2.11. The summed E-state index contributed by atoms with van der Waals surface area (Å²) in [5.41, 5.74) is 3.29. The number of benzene rings is 2. The van der Waals surface area contributed by atoms with Crippen LogP contribution in [0.25, 0.3) is 22.2 Å². The first-order chi connectivity index (χ1) is 11.8. The van der Waals surface area contributed by atoms with Gasteiger partial charge in [-0.15, -0.1) is 0 Å². The van der Waals surface area contributed by atoms with E-state index in [0.717, 1.165) is 22.2 Å². The highest BCUT2D eigenvalue weighted by Gasteiger charge is 2.13. The Bertz CT molecular complexity index is 1010. The molecule has 1 amide bonds. The fourth-order valence-corrected chi connectivity index (χ4v) is 2.62. The molecular formula is C20H14N2O2. The van der Waals surface area contributed by atoms with Gasteiger partial charge in [0.1, 0.15) is 0 Å². The second-order valence-corrected chi connectivity index (χ2v) is 5.37. The number of aromatic nitrogens is 1. The first kappa shape index (κ1) is 14.2. The third-order valence-corrected chi connectivity index (χ3v) is 3.79. The zero-order valence-electron chi connectivity index (χ0n) is 12.8. The van der Waals surface area contributed by atoms with E-state index in [4.69, 9.17) is 9.40 Å². The van der Waals surface area contributed by atoms with Gasteiger partial charge in [0, 0.05) is 10.9 Å². The topological polar surface area (TPSA) is 55.1 Å². The predicted octanol–water partition coefficient (Wildman–Crippen LogP) is 4.75. The van der Waals surface area contributed by atoms with Gasteiger partial charge >= 0.3 is 0 Å². The number of pyridine rings is 1. The van der Waals surface area contributed by atoms with E-state index in [1.807, 2.05) is 60.7 Å². The SMILES string of the molecule is O=C(Nc1ccccc1-c1ccc2ccccc2n1)c1ccco1. The fraction of sp³-hybridized carbons (Fsp3) is 0. The smallest absolute Gasteiger partial charge is 0.291 e. The van der Waals surface area contributed by atoms with Crippen LogP contribution in [0.2, 0.25) is 0 Å². The molecule has 0 aliphatic rings. The van der Waals surface area contributed by atoms with Crippen LogP contribution in [0.3, 0.4) is 0 Å². The Morgan fingerprint density at radius 2 is 1.71 bits per heavy atom. The molecule has 0 atom stereocenters. The quantitative estimate of drug-likeness (QED) is 0.594. The van der Waals surface area contributed by atoms with E-state index < -0.39 is 0 Å². The van der Waals surface area contributed by atoms with E-state index in [2.05, 4.69) is 5.32 Å². The Hall–Kier alpha value is -3.40. The number of fused-ring (bicyclic) bond motifs is 1. The monoisotopic (exact) mass is 314 g/mol. The van der Waals surface area contributed by atoms with E-state index in [1.165, 1.54) is 6.26 Å². The van der Waals surface area contributed by atoms with Crippen LogP contribution in [0.5, 0.6) is 0 Å².